The second-order valence-electron chi connectivity index (χ2n) is 3.68. The number of rotatable bonds is 5. The molecule has 1 fully saturated rings. The fourth-order valence-corrected chi connectivity index (χ4v) is 2.38. The molecule has 2 amide bonds. The average molecular weight is 246 g/mol. The van der Waals surface area contributed by atoms with E-state index in [1.165, 1.54) is 0 Å². The molecule has 16 heavy (non-hydrogen) atoms. The number of carboxylic acids is 1. The monoisotopic (exact) mass is 246 g/mol. The van der Waals surface area contributed by atoms with Gasteiger partial charge >= 0.3 is 12.0 Å². The minimum atomic E-state index is -0.778. The van der Waals surface area contributed by atoms with Gasteiger partial charge in [-0.2, -0.15) is 11.8 Å². The number of amides is 2. The van der Waals surface area contributed by atoms with Crippen molar-refractivity contribution >= 4 is 23.8 Å². The van der Waals surface area contributed by atoms with Crippen molar-refractivity contribution in [3.05, 3.63) is 0 Å². The first-order valence-corrected chi connectivity index (χ1v) is 6.68. The summed E-state index contributed by atoms with van der Waals surface area (Å²) in [6.07, 6.45) is 1.52. The number of nitrogens with zero attached hydrogens (tertiary/aromatic N) is 1. The van der Waals surface area contributed by atoms with Crippen molar-refractivity contribution in [3.8, 4) is 0 Å². The Kier molecular flexibility index (Phi) is 6.07. The van der Waals surface area contributed by atoms with E-state index in [1.54, 1.807) is 0 Å². The maximum Gasteiger partial charge on any atom is 0.317 e. The van der Waals surface area contributed by atoms with E-state index >= 15 is 0 Å². The van der Waals surface area contributed by atoms with E-state index in [-0.39, 0.29) is 12.5 Å². The molecule has 0 saturated carbocycles. The molecule has 1 saturated heterocycles. The zero-order valence-electron chi connectivity index (χ0n) is 9.28. The van der Waals surface area contributed by atoms with Gasteiger partial charge in [0.15, 0.2) is 0 Å². The SMILES string of the molecule is O=C(O)CCCCNC(=O)N1CCSCC1. The Labute approximate surface area is 99.6 Å². The number of carboxylic acid groups (broad SMARTS) is 1. The summed E-state index contributed by atoms with van der Waals surface area (Å²) in [5.41, 5.74) is 0. The first-order valence-electron chi connectivity index (χ1n) is 5.52. The molecule has 1 rings (SSSR count). The van der Waals surface area contributed by atoms with Gasteiger partial charge in [0.1, 0.15) is 0 Å². The summed E-state index contributed by atoms with van der Waals surface area (Å²) >= 11 is 1.86. The molecule has 1 aliphatic rings. The summed E-state index contributed by atoms with van der Waals surface area (Å²) in [7, 11) is 0. The van der Waals surface area contributed by atoms with E-state index in [4.69, 9.17) is 5.11 Å². The van der Waals surface area contributed by atoms with Crippen molar-refractivity contribution in [2.75, 3.05) is 31.1 Å². The van der Waals surface area contributed by atoms with Crippen LogP contribution in [0.1, 0.15) is 19.3 Å². The normalized spacial score (nSPS) is 15.9. The smallest absolute Gasteiger partial charge is 0.317 e. The molecule has 6 heteroatoms. The lowest BCUT2D eigenvalue weighted by atomic mass is 10.2. The number of hydrogen-bond donors (Lipinski definition) is 2. The van der Waals surface area contributed by atoms with Gasteiger partial charge in [0.05, 0.1) is 0 Å². The molecule has 5 nitrogen and oxygen atoms in total. The first-order chi connectivity index (χ1) is 7.70. The summed E-state index contributed by atoms with van der Waals surface area (Å²) in [6.45, 7) is 2.19. The molecular weight excluding hydrogens is 228 g/mol. The molecule has 1 aliphatic heterocycles. The molecule has 1 heterocycles. The molecule has 0 atom stereocenters. The topological polar surface area (TPSA) is 69.6 Å². The predicted octanol–water partition coefficient (Wildman–Crippen LogP) is 1.000. The van der Waals surface area contributed by atoms with Gasteiger partial charge in [-0.25, -0.2) is 4.79 Å². The molecule has 0 unspecified atom stereocenters. The molecule has 92 valence electrons. The number of unbranched alkanes of at least 4 members (excludes halogenated alkanes) is 1. The van der Waals surface area contributed by atoms with Crippen LogP contribution in [0.2, 0.25) is 0 Å². The Hall–Kier alpha value is -0.910. The Balaban J connectivity index is 2.03. The number of aliphatic carboxylic acids is 1. The summed E-state index contributed by atoms with van der Waals surface area (Å²) in [6, 6.07) is -0.0179. The van der Waals surface area contributed by atoms with Crippen molar-refractivity contribution in [3.63, 3.8) is 0 Å². The van der Waals surface area contributed by atoms with Gasteiger partial charge in [-0.1, -0.05) is 0 Å². The highest BCUT2D eigenvalue weighted by molar-refractivity contribution is 7.99. The van der Waals surface area contributed by atoms with Gasteiger partial charge in [0.2, 0.25) is 0 Å². The van der Waals surface area contributed by atoms with Crippen molar-refractivity contribution in [1.82, 2.24) is 10.2 Å². The van der Waals surface area contributed by atoms with E-state index in [0.29, 0.717) is 13.0 Å². The van der Waals surface area contributed by atoms with Gasteiger partial charge in [-0.05, 0) is 12.8 Å². The second-order valence-corrected chi connectivity index (χ2v) is 4.91. The molecule has 0 aromatic heterocycles. The Morgan fingerprint density at radius 1 is 1.25 bits per heavy atom. The Morgan fingerprint density at radius 3 is 2.56 bits per heavy atom. The van der Waals surface area contributed by atoms with Crippen LogP contribution in [0, 0.1) is 0 Å². The van der Waals surface area contributed by atoms with Crippen LogP contribution in [-0.4, -0.2) is 53.1 Å². The predicted molar refractivity (Wildman–Crippen MR) is 63.8 cm³/mol. The van der Waals surface area contributed by atoms with Gasteiger partial charge < -0.3 is 15.3 Å². The van der Waals surface area contributed by atoms with Gasteiger partial charge in [0.25, 0.3) is 0 Å². The van der Waals surface area contributed by atoms with Crippen LogP contribution >= 0.6 is 11.8 Å². The highest BCUT2D eigenvalue weighted by atomic mass is 32.2. The van der Waals surface area contributed by atoms with Crippen molar-refractivity contribution in [2.24, 2.45) is 0 Å². The van der Waals surface area contributed by atoms with Crippen LogP contribution in [0.15, 0.2) is 0 Å². The molecular formula is C10H18N2O3S. The van der Waals surface area contributed by atoms with Gasteiger partial charge in [0, 0.05) is 37.6 Å². The summed E-state index contributed by atoms with van der Waals surface area (Å²) < 4.78 is 0. The maximum absolute atomic E-state index is 11.6. The Morgan fingerprint density at radius 2 is 1.94 bits per heavy atom. The molecule has 0 radical (unpaired) electrons. The molecule has 2 N–H and O–H groups in total. The van der Waals surface area contributed by atoms with Crippen LogP contribution < -0.4 is 5.32 Å². The highest BCUT2D eigenvalue weighted by Gasteiger charge is 2.15. The summed E-state index contributed by atoms with van der Waals surface area (Å²) in [5.74, 6) is 1.23. The van der Waals surface area contributed by atoms with E-state index < -0.39 is 5.97 Å². The van der Waals surface area contributed by atoms with Crippen molar-refractivity contribution in [2.45, 2.75) is 19.3 Å². The minimum Gasteiger partial charge on any atom is -0.481 e. The fraction of sp³-hybridized carbons (Fsp3) is 0.800. The Bertz CT molecular complexity index is 242. The number of nitrogens with one attached hydrogen (secondary N) is 1. The number of hydrogen-bond acceptors (Lipinski definition) is 3. The van der Waals surface area contributed by atoms with Crippen LogP contribution in [0.4, 0.5) is 4.79 Å². The van der Waals surface area contributed by atoms with Crippen LogP contribution in [-0.2, 0) is 4.79 Å². The third-order valence-corrected chi connectivity index (χ3v) is 3.33. The first kappa shape index (κ1) is 13.2. The molecule has 0 aromatic rings. The fourth-order valence-electron chi connectivity index (χ4n) is 1.47. The molecule has 0 bridgehead atoms. The lowest BCUT2D eigenvalue weighted by molar-refractivity contribution is -0.137. The van der Waals surface area contributed by atoms with Crippen LogP contribution in [0.5, 0.6) is 0 Å². The summed E-state index contributed by atoms with van der Waals surface area (Å²) in [4.78, 5) is 23.6. The molecule has 0 spiro atoms. The van der Waals surface area contributed by atoms with Crippen molar-refractivity contribution < 1.29 is 14.7 Å². The summed E-state index contributed by atoms with van der Waals surface area (Å²) in [5, 5.41) is 11.2. The van der Waals surface area contributed by atoms with E-state index in [9.17, 15) is 9.59 Å². The van der Waals surface area contributed by atoms with Gasteiger partial charge in [-0.3, -0.25) is 4.79 Å². The standard InChI is InChI=1S/C10H18N2O3S/c13-9(14)3-1-2-4-11-10(15)12-5-7-16-8-6-12/h1-8H2,(H,11,15)(H,13,14). The third-order valence-electron chi connectivity index (χ3n) is 2.39. The lowest BCUT2D eigenvalue weighted by Gasteiger charge is -2.26. The quantitative estimate of drug-likeness (QED) is 0.710. The van der Waals surface area contributed by atoms with Crippen molar-refractivity contribution in [1.29, 1.82) is 0 Å². The maximum atomic E-state index is 11.6. The largest absolute Gasteiger partial charge is 0.481 e. The second kappa shape index (κ2) is 7.38. The number of carbonyl (C=O) groups excluding carboxylic acids is 1. The zero-order chi connectivity index (χ0) is 11.8. The number of thioether (sulfide) groups is 1. The third kappa shape index (κ3) is 5.25. The van der Waals surface area contributed by atoms with Crippen LogP contribution in [0.25, 0.3) is 0 Å². The van der Waals surface area contributed by atoms with Gasteiger partial charge in [-0.15, -0.1) is 0 Å². The number of urea groups is 1. The molecule has 0 aromatic carbocycles. The van der Waals surface area contributed by atoms with E-state index in [1.807, 2.05) is 16.7 Å². The lowest BCUT2D eigenvalue weighted by Crippen LogP contribution is -2.44. The van der Waals surface area contributed by atoms with E-state index in [2.05, 4.69) is 5.32 Å². The van der Waals surface area contributed by atoms with E-state index in [0.717, 1.165) is 31.0 Å². The minimum absolute atomic E-state index is 0.0179. The molecule has 0 aliphatic carbocycles. The average Bonchev–Trinajstić information content (AvgIpc) is 2.29. The van der Waals surface area contributed by atoms with Crippen LogP contribution in [0.3, 0.4) is 0 Å². The highest BCUT2D eigenvalue weighted by Crippen LogP contribution is 2.08. The zero-order valence-corrected chi connectivity index (χ0v) is 10.1. The number of carbonyl (C=O) groups is 2.